The smallest absolute Gasteiger partial charge is 0.255 e. The first-order valence-electron chi connectivity index (χ1n) is 3.88. The third kappa shape index (κ3) is 2.92. The lowest BCUT2D eigenvalue weighted by atomic mass is 10.3. The number of ether oxygens (including phenoxy) is 2. The van der Waals surface area contributed by atoms with Crippen molar-refractivity contribution < 1.29 is 14.3 Å². The Labute approximate surface area is 90.1 Å². The van der Waals surface area contributed by atoms with E-state index in [2.05, 4.69) is 15.9 Å². The Bertz CT molecular complexity index is 341. The van der Waals surface area contributed by atoms with Crippen molar-refractivity contribution in [1.82, 2.24) is 0 Å². The van der Waals surface area contributed by atoms with Gasteiger partial charge in [-0.05, 0) is 18.2 Å². The van der Waals surface area contributed by atoms with Crippen LogP contribution in [0.5, 0.6) is 11.5 Å². The Morgan fingerprint density at radius 3 is 2.79 bits per heavy atom. The number of hydrogen-bond donors (Lipinski definition) is 1. The summed E-state index contributed by atoms with van der Waals surface area (Å²) >= 11 is 3.28. The fourth-order valence-corrected chi connectivity index (χ4v) is 1.25. The molecule has 0 heterocycles. The third-order valence-electron chi connectivity index (χ3n) is 1.50. The minimum absolute atomic E-state index is 0.160. The van der Waals surface area contributed by atoms with Gasteiger partial charge in [0, 0.05) is 4.47 Å². The van der Waals surface area contributed by atoms with E-state index in [1.165, 1.54) is 7.11 Å². The van der Waals surface area contributed by atoms with Crippen molar-refractivity contribution in [3.8, 4) is 11.5 Å². The molecule has 1 aromatic carbocycles. The summed E-state index contributed by atoms with van der Waals surface area (Å²) in [5, 5.41) is 0. The lowest BCUT2D eigenvalue weighted by Gasteiger charge is -2.09. The van der Waals surface area contributed by atoms with Crippen LogP contribution in [0.2, 0.25) is 0 Å². The van der Waals surface area contributed by atoms with Crippen molar-refractivity contribution in [3.63, 3.8) is 0 Å². The monoisotopic (exact) mass is 259 g/mol. The molecule has 0 aliphatic heterocycles. The van der Waals surface area contributed by atoms with Crippen molar-refractivity contribution >= 4 is 21.8 Å². The first kappa shape index (κ1) is 10.8. The van der Waals surface area contributed by atoms with Gasteiger partial charge in [-0.2, -0.15) is 0 Å². The SMILES string of the molecule is COc1ccc(Br)cc1OCC(N)=O. The summed E-state index contributed by atoms with van der Waals surface area (Å²) in [6.45, 7) is -0.160. The van der Waals surface area contributed by atoms with Gasteiger partial charge in [0.05, 0.1) is 7.11 Å². The van der Waals surface area contributed by atoms with Gasteiger partial charge in [-0.3, -0.25) is 4.79 Å². The Balaban J connectivity index is 2.82. The van der Waals surface area contributed by atoms with Gasteiger partial charge in [0.1, 0.15) is 0 Å². The van der Waals surface area contributed by atoms with Gasteiger partial charge in [0.15, 0.2) is 18.1 Å². The number of benzene rings is 1. The van der Waals surface area contributed by atoms with E-state index in [-0.39, 0.29) is 6.61 Å². The maximum atomic E-state index is 10.5. The highest BCUT2D eigenvalue weighted by atomic mass is 79.9. The van der Waals surface area contributed by atoms with Gasteiger partial charge in [-0.25, -0.2) is 0 Å². The second-order valence-corrected chi connectivity index (χ2v) is 3.47. The summed E-state index contributed by atoms with van der Waals surface area (Å²) < 4.78 is 11.0. The number of carbonyl (C=O) groups is 1. The molecule has 0 unspecified atom stereocenters. The number of rotatable bonds is 4. The quantitative estimate of drug-likeness (QED) is 0.888. The van der Waals surface area contributed by atoms with Crippen LogP contribution in [0.4, 0.5) is 0 Å². The van der Waals surface area contributed by atoms with Crippen LogP contribution in [0.1, 0.15) is 0 Å². The second-order valence-electron chi connectivity index (χ2n) is 2.55. The van der Waals surface area contributed by atoms with E-state index in [0.29, 0.717) is 11.5 Å². The number of nitrogens with two attached hydrogens (primary N) is 1. The third-order valence-corrected chi connectivity index (χ3v) is 1.99. The molecule has 14 heavy (non-hydrogen) atoms. The van der Waals surface area contributed by atoms with Crippen molar-refractivity contribution in [3.05, 3.63) is 22.7 Å². The molecule has 0 aliphatic carbocycles. The van der Waals surface area contributed by atoms with Crippen LogP contribution in [-0.4, -0.2) is 19.6 Å². The molecule has 0 aromatic heterocycles. The van der Waals surface area contributed by atoms with Crippen LogP contribution in [0.3, 0.4) is 0 Å². The van der Waals surface area contributed by atoms with E-state index in [0.717, 1.165) is 4.47 Å². The van der Waals surface area contributed by atoms with Crippen molar-refractivity contribution in [2.75, 3.05) is 13.7 Å². The number of methoxy groups -OCH3 is 1. The van der Waals surface area contributed by atoms with E-state index in [1.807, 2.05) is 6.07 Å². The van der Waals surface area contributed by atoms with Crippen LogP contribution in [-0.2, 0) is 4.79 Å². The number of hydrogen-bond acceptors (Lipinski definition) is 3. The Kier molecular flexibility index (Phi) is 3.76. The zero-order chi connectivity index (χ0) is 10.6. The van der Waals surface area contributed by atoms with Crippen LogP contribution >= 0.6 is 15.9 Å². The zero-order valence-corrected chi connectivity index (χ0v) is 9.21. The highest BCUT2D eigenvalue weighted by Crippen LogP contribution is 2.29. The van der Waals surface area contributed by atoms with E-state index in [1.54, 1.807) is 12.1 Å². The molecule has 0 fully saturated rings. The molecule has 0 aliphatic rings. The van der Waals surface area contributed by atoms with Gasteiger partial charge in [0.2, 0.25) is 0 Å². The molecule has 76 valence electrons. The van der Waals surface area contributed by atoms with Gasteiger partial charge >= 0.3 is 0 Å². The van der Waals surface area contributed by atoms with Crippen LogP contribution < -0.4 is 15.2 Å². The molecular weight excluding hydrogens is 250 g/mol. The molecule has 1 amide bonds. The Morgan fingerprint density at radius 2 is 2.21 bits per heavy atom. The fourth-order valence-electron chi connectivity index (χ4n) is 0.912. The molecule has 0 saturated carbocycles. The standard InChI is InChI=1S/C9H10BrNO3/c1-13-7-3-2-6(10)4-8(7)14-5-9(11)12/h2-4H,5H2,1H3,(H2,11,12). The first-order valence-corrected chi connectivity index (χ1v) is 4.67. The van der Waals surface area contributed by atoms with E-state index >= 15 is 0 Å². The number of halogens is 1. The summed E-state index contributed by atoms with van der Waals surface area (Å²) in [7, 11) is 1.53. The van der Waals surface area contributed by atoms with Gasteiger partial charge in [0.25, 0.3) is 5.91 Å². The van der Waals surface area contributed by atoms with Crippen LogP contribution in [0.25, 0.3) is 0 Å². The van der Waals surface area contributed by atoms with E-state index < -0.39 is 5.91 Å². The van der Waals surface area contributed by atoms with Gasteiger partial charge < -0.3 is 15.2 Å². The Morgan fingerprint density at radius 1 is 1.50 bits per heavy atom. The average Bonchev–Trinajstić information content (AvgIpc) is 2.15. The fraction of sp³-hybridized carbons (Fsp3) is 0.222. The lowest BCUT2D eigenvalue weighted by Crippen LogP contribution is -2.20. The molecular formula is C9H10BrNO3. The molecule has 0 bridgehead atoms. The van der Waals surface area contributed by atoms with Crippen molar-refractivity contribution in [2.45, 2.75) is 0 Å². The molecule has 1 aromatic rings. The molecule has 0 saturated heterocycles. The molecule has 1 rings (SSSR count). The number of amides is 1. The normalized spacial score (nSPS) is 9.57. The zero-order valence-electron chi connectivity index (χ0n) is 7.62. The minimum Gasteiger partial charge on any atom is -0.493 e. The highest BCUT2D eigenvalue weighted by Gasteiger charge is 2.05. The van der Waals surface area contributed by atoms with Crippen molar-refractivity contribution in [1.29, 1.82) is 0 Å². The van der Waals surface area contributed by atoms with Crippen molar-refractivity contribution in [2.24, 2.45) is 5.73 Å². The summed E-state index contributed by atoms with van der Waals surface area (Å²) in [4.78, 5) is 10.5. The largest absolute Gasteiger partial charge is 0.493 e. The molecule has 2 N–H and O–H groups in total. The van der Waals surface area contributed by atoms with E-state index in [4.69, 9.17) is 15.2 Å². The average molecular weight is 260 g/mol. The van der Waals surface area contributed by atoms with Crippen LogP contribution in [0.15, 0.2) is 22.7 Å². The molecule has 0 radical (unpaired) electrons. The second kappa shape index (κ2) is 4.85. The van der Waals surface area contributed by atoms with Gasteiger partial charge in [-0.1, -0.05) is 15.9 Å². The Hall–Kier alpha value is -1.23. The molecule has 5 heteroatoms. The maximum Gasteiger partial charge on any atom is 0.255 e. The summed E-state index contributed by atoms with van der Waals surface area (Å²) in [5.74, 6) is 0.530. The van der Waals surface area contributed by atoms with Crippen LogP contribution in [0, 0.1) is 0 Å². The van der Waals surface area contributed by atoms with E-state index in [9.17, 15) is 4.79 Å². The number of primary amides is 1. The topological polar surface area (TPSA) is 61.6 Å². The first-order chi connectivity index (χ1) is 6.63. The predicted molar refractivity (Wildman–Crippen MR) is 55.4 cm³/mol. The lowest BCUT2D eigenvalue weighted by molar-refractivity contribution is -0.119. The predicted octanol–water partition coefficient (Wildman–Crippen LogP) is 1.32. The summed E-state index contributed by atoms with van der Waals surface area (Å²) in [6.07, 6.45) is 0. The maximum absolute atomic E-state index is 10.5. The van der Waals surface area contributed by atoms with Gasteiger partial charge in [-0.15, -0.1) is 0 Å². The summed E-state index contributed by atoms with van der Waals surface area (Å²) in [6, 6.07) is 5.26. The number of carbonyl (C=O) groups excluding carboxylic acids is 1. The summed E-state index contributed by atoms with van der Waals surface area (Å²) in [5.41, 5.74) is 4.95. The molecule has 0 spiro atoms. The molecule has 4 nitrogen and oxygen atoms in total. The molecule has 0 atom stereocenters. The highest BCUT2D eigenvalue weighted by molar-refractivity contribution is 9.10. The minimum atomic E-state index is -0.521.